The first kappa shape index (κ1) is 19.2. The summed E-state index contributed by atoms with van der Waals surface area (Å²) in [5.74, 6) is -1.03. The van der Waals surface area contributed by atoms with Crippen LogP contribution in [0.15, 0.2) is 0 Å². The molecule has 2 N–H and O–H groups in total. The highest BCUT2D eigenvalue weighted by molar-refractivity contribution is 8.01. The number of carbonyl (C=O) groups is 2. The van der Waals surface area contributed by atoms with Crippen molar-refractivity contribution >= 4 is 23.6 Å². The van der Waals surface area contributed by atoms with E-state index in [1.807, 2.05) is 41.5 Å². The third kappa shape index (κ3) is 11.1. The maximum Gasteiger partial charge on any atom is 0.326 e. The summed E-state index contributed by atoms with van der Waals surface area (Å²) in [6.07, 6.45) is 0.262. The summed E-state index contributed by atoms with van der Waals surface area (Å²) in [4.78, 5) is 22.8. The van der Waals surface area contributed by atoms with Crippen LogP contribution in [0.2, 0.25) is 0 Å². The Hall–Kier alpha value is -0.750. The van der Waals surface area contributed by atoms with Gasteiger partial charge in [0.25, 0.3) is 0 Å². The summed E-state index contributed by atoms with van der Waals surface area (Å²) in [5, 5.41) is 11.6. The van der Waals surface area contributed by atoms with Gasteiger partial charge in [-0.25, -0.2) is 4.79 Å². The maximum atomic E-state index is 11.7. The van der Waals surface area contributed by atoms with Gasteiger partial charge in [-0.05, 0) is 20.8 Å². The van der Waals surface area contributed by atoms with Crippen LogP contribution in [0.25, 0.3) is 0 Å². The minimum absolute atomic E-state index is 0.0224. The molecule has 0 aliphatic rings. The van der Waals surface area contributed by atoms with E-state index in [2.05, 4.69) is 5.32 Å². The fourth-order valence-electron chi connectivity index (χ4n) is 1.26. The standard InChI is InChI=1S/C14H27NO4S/c1-13(2,3)19-8-7-10(12(17)18)15-11(16)9-20-14(4,5)6/h10H,7-9H2,1-6H3,(H,15,16)(H,17,18). The molecule has 118 valence electrons. The van der Waals surface area contributed by atoms with Crippen LogP contribution < -0.4 is 5.32 Å². The van der Waals surface area contributed by atoms with Gasteiger partial charge >= 0.3 is 5.97 Å². The number of carboxylic acid groups (broad SMARTS) is 1. The lowest BCUT2D eigenvalue weighted by atomic mass is 10.2. The Bertz CT molecular complexity index is 331. The van der Waals surface area contributed by atoms with Crippen LogP contribution in [0.1, 0.15) is 48.0 Å². The molecule has 0 saturated carbocycles. The molecule has 0 rings (SSSR count). The van der Waals surface area contributed by atoms with E-state index in [-0.39, 0.29) is 28.4 Å². The Morgan fingerprint density at radius 3 is 2.15 bits per heavy atom. The molecule has 1 unspecified atom stereocenters. The van der Waals surface area contributed by atoms with Crippen molar-refractivity contribution in [3.63, 3.8) is 0 Å². The number of carboxylic acids is 1. The number of amides is 1. The van der Waals surface area contributed by atoms with Crippen molar-refractivity contribution in [1.82, 2.24) is 5.32 Å². The van der Waals surface area contributed by atoms with Crippen LogP contribution in [0.5, 0.6) is 0 Å². The molecule has 1 atom stereocenters. The van der Waals surface area contributed by atoms with Gasteiger partial charge in [-0.15, -0.1) is 11.8 Å². The van der Waals surface area contributed by atoms with Gasteiger partial charge in [0.15, 0.2) is 0 Å². The molecule has 1 amide bonds. The second kappa shape index (κ2) is 7.88. The van der Waals surface area contributed by atoms with E-state index in [1.54, 1.807) is 0 Å². The number of hydrogen-bond acceptors (Lipinski definition) is 4. The van der Waals surface area contributed by atoms with Gasteiger partial charge in [-0.1, -0.05) is 20.8 Å². The number of thioether (sulfide) groups is 1. The first-order chi connectivity index (χ1) is 8.91. The highest BCUT2D eigenvalue weighted by atomic mass is 32.2. The summed E-state index contributed by atoms with van der Waals surface area (Å²) in [7, 11) is 0. The zero-order chi connectivity index (χ0) is 16.0. The van der Waals surface area contributed by atoms with Crippen LogP contribution in [0, 0.1) is 0 Å². The lowest BCUT2D eigenvalue weighted by Gasteiger charge is -2.22. The molecule has 0 heterocycles. The summed E-state index contributed by atoms with van der Waals surface area (Å²) in [5.41, 5.74) is -0.310. The minimum atomic E-state index is -1.03. The smallest absolute Gasteiger partial charge is 0.326 e. The molecule has 6 heteroatoms. The molecular weight excluding hydrogens is 278 g/mol. The summed E-state index contributed by atoms with van der Waals surface area (Å²) >= 11 is 1.49. The Morgan fingerprint density at radius 2 is 1.75 bits per heavy atom. The van der Waals surface area contributed by atoms with Crippen molar-refractivity contribution in [3.05, 3.63) is 0 Å². The molecule has 0 aromatic rings. The van der Waals surface area contributed by atoms with Gasteiger partial charge in [0, 0.05) is 17.8 Å². The van der Waals surface area contributed by atoms with E-state index < -0.39 is 12.0 Å². The number of aliphatic carboxylic acids is 1. The van der Waals surface area contributed by atoms with Gasteiger partial charge in [0.1, 0.15) is 6.04 Å². The average Bonchev–Trinajstić information content (AvgIpc) is 2.22. The van der Waals surface area contributed by atoms with Crippen LogP contribution in [0.4, 0.5) is 0 Å². The van der Waals surface area contributed by atoms with Crippen molar-refractivity contribution in [3.8, 4) is 0 Å². The fourth-order valence-corrected chi connectivity index (χ4v) is 1.91. The Kier molecular flexibility index (Phi) is 7.59. The van der Waals surface area contributed by atoms with Crippen molar-refractivity contribution < 1.29 is 19.4 Å². The van der Waals surface area contributed by atoms with Gasteiger partial charge < -0.3 is 15.2 Å². The van der Waals surface area contributed by atoms with E-state index in [0.29, 0.717) is 6.61 Å². The first-order valence-electron chi connectivity index (χ1n) is 6.71. The monoisotopic (exact) mass is 305 g/mol. The quantitative estimate of drug-likeness (QED) is 0.755. The minimum Gasteiger partial charge on any atom is -0.480 e. The maximum absolute atomic E-state index is 11.7. The zero-order valence-corrected chi connectivity index (χ0v) is 14.1. The zero-order valence-electron chi connectivity index (χ0n) is 13.3. The molecule has 5 nitrogen and oxygen atoms in total. The predicted octanol–water partition coefficient (Wildman–Crippen LogP) is 2.29. The molecule has 0 bridgehead atoms. The predicted molar refractivity (Wildman–Crippen MR) is 82.1 cm³/mol. The first-order valence-corrected chi connectivity index (χ1v) is 7.69. The second-order valence-electron chi connectivity index (χ2n) is 6.61. The number of nitrogens with one attached hydrogen (secondary N) is 1. The van der Waals surface area contributed by atoms with Crippen molar-refractivity contribution in [1.29, 1.82) is 0 Å². The van der Waals surface area contributed by atoms with Gasteiger partial charge in [-0.3, -0.25) is 4.79 Å². The Balaban J connectivity index is 4.21. The summed E-state index contributed by atoms with van der Waals surface area (Å²) in [6.45, 7) is 12.0. The highest BCUT2D eigenvalue weighted by Gasteiger charge is 2.22. The van der Waals surface area contributed by atoms with Crippen LogP contribution in [-0.4, -0.2) is 45.7 Å². The topological polar surface area (TPSA) is 75.6 Å². The molecule has 0 aliphatic heterocycles. The SMILES string of the molecule is CC(C)(C)OCCC(NC(=O)CSC(C)(C)C)C(=O)O. The summed E-state index contributed by atoms with van der Waals surface area (Å²) < 4.78 is 5.46. The van der Waals surface area contributed by atoms with Crippen molar-refractivity contribution in [2.75, 3.05) is 12.4 Å². The van der Waals surface area contributed by atoms with E-state index in [4.69, 9.17) is 9.84 Å². The van der Waals surface area contributed by atoms with E-state index in [0.717, 1.165) is 0 Å². The molecule has 0 radical (unpaired) electrons. The Morgan fingerprint density at radius 1 is 1.20 bits per heavy atom. The fraction of sp³-hybridized carbons (Fsp3) is 0.857. The third-order valence-corrected chi connectivity index (χ3v) is 3.48. The number of hydrogen-bond donors (Lipinski definition) is 2. The number of ether oxygens (including phenoxy) is 1. The van der Waals surface area contributed by atoms with Crippen LogP contribution in [0.3, 0.4) is 0 Å². The average molecular weight is 305 g/mol. The molecular formula is C14H27NO4S. The van der Waals surface area contributed by atoms with Gasteiger partial charge in [-0.2, -0.15) is 0 Å². The van der Waals surface area contributed by atoms with Crippen molar-refractivity contribution in [2.24, 2.45) is 0 Å². The highest BCUT2D eigenvalue weighted by Crippen LogP contribution is 2.22. The lowest BCUT2D eigenvalue weighted by Crippen LogP contribution is -2.43. The number of rotatable bonds is 7. The lowest BCUT2D eigenvalue weighted by molar-refractivity contribution is -0.142. The summed E-state index contributed by atoms with van der Waals surface area (Å²) in [6, 6.07) is -0.898. The second-order valence-corrected chi connectivity index (χ2v) is 8.41. The molecule has 0 saturated heterocycles. The molecule has 0 aromatic carbocycles. The van der Waals surface area contributed by atoms with Crippen LogP contribution in [-0.2, 0) is 14.3 Å². The molecule has 0 fully saturated rings. The number of carbonyl (C=O) groups excluding carboxylic acids is 1. The molecule has 20 heavy (non-hydrogen) atoms. The molecule has 0 spiro atoms. The Labute approximate surface area is 125 Å². The van der Waals surface area contributed by atoms with Crippen LogP contribution >= 0.6 is 11.8 Å². The molecule has 0 aromatic heterocycles. The van der Waals surface area contributed by atoms with E-state index in [1.165, 1.54) is 11.8 Å². The van der Waals surface area contributed by atoms with E-state index in [9.17, 15) is 9.59 Å². The largest absolute Gasteiger partial charge is 0.480 e. The van der Waals surface area contributed by atoms with Gasteiger partial charge in [0.05, 0.1) is 11.4 Å². The van der Waals surface area contributed by atoms with Gasteiger partial charge in [0.2, 0.25) is 5.91 Å². The van der Waals surface area contributed by atoms with E-state index >= 15 is 0 Å². The third-order valence-electron chi connectivity index (χ3n) is 2.21. The van der Waals surface area contributed by atoms with Crippen molar-refractivity contribution in [2.45, 2.75) is 64.4 Å². The normalized spacial score (nSPS) is 13.9. The molecule has 0 aliphatic carbocycles.